The smallest absolute Gasteiger partial charge is 0.141 e. The van der Waals surface area contributed by atoms with Gasteiger partial charge in [0.15, 0.2) is 0 Å². The number of hydrogen-bond acceptors (Lipinski definition) is 1. The van der Waals surface area contributed by atoms with Crippen molar-refractivity contribution >= 4 is 28.1 Å². The Bertz CT molecular complexity index is 768. The Morgan fingerprint density at radius 3 is 2.42 bits per heavy atom. The summed E-state index contributed by atoms with van der Waals surface area (Å²) in [7, 11) is 0. The fraction of sp³-hybridized carbons (Fsp3) is 0. The lowest BCUT2D eigenvalue weighted by Crippen LogP contribution is -1.88. The van der Waals surface area contributed by atoms with Crippen LogP contribution in [0.15, 0.2) is 54.6 Å². The van der Waals surface area contributed by atoms with E-state index in [1.807, 2.05) is 36.4 Å². The Hall–Kier alpha value is -2.06. The van der Waals surface area contributed by atoms with Crippen LogP contribution in [0.5, 0.6) is 0 Å². The minimum absolute atomic E-state index is 0.124. The lowest BCUT2D eigenvalue weighted by molar-refractivity contribution is 0.628. The Labute approximate surface area is 115 Å². The van der Waals surface area contributed by atoms with Crippen molar-refractivity contribution in [1.82, 2.24) is 0 Å². The molecule has 0 aliphatic heterocycles. The third-order valence-corrected chi connectivity index (χ3v) is 3.48. The van der Waals surface area contributed by atoms with E-state index in [-0.39, 0.29) is 5.02 Å². The summed E-state index contributed by atoms with van der Waals surface area (Å²) in [5.41, 5.74) is 8.57. The van der Waals surface area contributed by atoms with Crippen LogP contribution in [-0.2, 0) is 0 Å². The zero-order valence-electron chi connectivity index (χ0n) is 10.0. The van der Waals surface area contributed by atoms with E-state index in [4.69, 9.17) is 17.3 Å². The molecule has 0 unspecified atom stereocenters. The van der Waals surface area contributed by atoms with Crippen molar-refractivity contribution in [3.63, 3.8) is 0 Å². The second kappa shape index (κ2) is 4.56. The van der Waals surface area contributed by atoms with Crippen molar-refractivity contribution in [1.29, 1.82) is 0 Å². The Morgan fingerprint density at radius 1 is 0.895 bits per heavy atom. The van der Waals surface area contributed by atoms with Crippen molar-refractivity contribution in [2.24, 2.45) is 0 Å². The van der Waals surface area contributed by atoms with Crippen molar-refractivity contribution in [3.8, 4) is 11.1 Å². The summed E-state index contributed by atoms with van der Waals surface area (Å²) in [5, 5.41) is 2.14. The number of rotatable bonds is 1. The minimum Gasteiger partial charge on any atom is -0.398 e. The van der Waals surface area contributed by atoms with Gasteiger partial charge < -0.3 is 5.73 Å². The van der Waals surface area contributed by atoms with Crippen LogP contribution in [0.1, 0.15) is 0 Å². The summed E-state index contributed by atoms with van der Waals surface area (Å²) in [6.45, 7) is 0. The standard InChI is InChI=1S/C16H11ClFN/c17-14-9-10(7-8-15(14)18)11-3-1-5-13-12(11)4-2-6-16(13)19/h1-9H,19H2. The summed E-state index contributed by atoms with van der Waals surface area (Å²) < 4.78 is 13.2. The van der Waals surface area contributed by atoms with Gasteiger partial charge in [-0.2, -0.15) is 0 Å². The average Bonchev–Trinajstić information content (AvgIpc) is 2.42. The molecule has 0 aliphatic rings. The van der Waals surface area contributed by atoms with Gasteiger partial charge in [-0.15, -0.1) is 0 Å². The highest BCUT2D eigenvalue weighted by molar-refractivity contribution is 6.31. The number of fused-ring (bicyclic) bond motifs is 1. The zero-order chi connectivity index (χ0) is 13.4. The van der Waals surface area contributed by atoms with E-state index in [1.54, 1.807) is 12.1 Å². The normalized spacial score (nSPS) is 10.8. The molecule has 0 radical (unpaired) electrons. The lowest BCUT2D eigenvalue weighted by Gasteiger charge is -2.09. The second-order valence-corrected chi connectivity index (χ2v) is 4.78. The lowest BCUT2D eigenvalue weighted by atomic mass is 9.97. The molecule has 2 N–H and O–H groups in total. The molecule has 0 aromatic heterocycles. The summed E-state index contributed by atoms with van der Waals surface area (Å²) in [6, 6.07) is 16.4. The predicted octanol–water partition coefficient (Wildman–Crippen LogP) is 4.88. The molecular formula is C16H11ClFN. The van der Waals surface area contributed by atoms with E-state index in [0.717, 1.165) is 27.6 Å². The maximum atomic E-state index is 13.2. The molecule has 0 bridgehead atoms. The first-order valence-corrected chi connectivity index (χ1v) is 6.27. The van der Waals surface area contributed by atoms with Crippen LogP contribution in [0, 0.1) is 5.82 Å². The molecule has 0 atom stereocenters. The first kappa shape index (κ1) is 12.0. The first-order valence-electron chi connectivity index (χ1n) is 5.89. The zero-order valence-corrected chi connectivity index (χ0v) is 10.8. The maximum absolute atomic E-state index is 13.2. The van der Waals surface area contributed by atoms with Gasteiger partial charge in [0.1, 0.15) is 5.82 Å². The molecule has 3 heteroatoms. The maximum Gasteiger partial charge on any atom is 0.141 e. The van der Waals surface area contributed by atoms with E-state index >= 15 is 0 Å². The second-order valence-electron chi connectivity index (χ2n) is 4.38. The Morgan fingerprint density at radius 2 is 1.63 bits per heavy atom. The van der Waals surface area contributed by atoms with Crippen molar-refractivity contribution in [2.75, 3.05) is 5.73 Å². The largest absolute Gasteiger partial charge is 0.398 e. The third-order valence-electron chi connectivity index (χ3n) is 3.19. The number of benzene rings is 3. The molecule has 3 aromatic rings. The van der Waals surface area contributed by atoms with Gasteiger partial charge in [-0.1, -0.05) is 48.0 Å². The summed E-state index contributed by atoms with van der Waals surface area (Å²) in [4.78, 5) is 0. The van der Waals surface area contributed by atoms with Gasteiger partial charge in [0, 0.05) is 11.1 Å². The molecular weight excluding hydrogens is 261 g/mol. The van der Waals surface area contributed by atoms with Crippen LogP contribution in [0.25, 0.3) is 21.9 Å². The average molecular weight is 272 g/mol. The van der Waals surface area contributed by atoms with E-state index in [2.05, 4.69) is 0 Å². The fourth-order valence-electron chi connectivity index (χ4n) is 2.25. The summed E-state index contributed by atoms with van der Waals surface area (Å²) >= 11 is 5.85. The molecule has 94 valence electrons. The topological polar surface area (TPSA) is 26.0 Å². The van der Waals surface area contributed by atoms with Crippen molar-refractivity contribution < 1.29 is 4.39 Å². The van der Waals surface area contributed by atoms with Crippen LogP contribution in [-0.4, -0.2) is 0 Å². The van der Waals surface area contributed by atoms with Gasteiger partial charge in [-0.3, -0.25) is 0 Å². The highest BCUT2D eigenvalue weighted by Crippen LogP contribution is 2.32. The van der Waals surface area contributed by atoms with Gasteiger partial charge in [0.25, 0.3) is 0 Å². The molecule has 0 saturated heterocycles. The molecule has 1 nitrogen and oxygen atoms in total. The van der Waals surface area contributed by atoms with Crippen molar-refractivity contribution in [3.05, 3.63) is 65.4 Å². The number of nitrogen functional groups attached to an aromatic ring is 1. The van der Waals surface area contributed by atoms with Gasteiger partial charge in [-0.05, 0) is 34.7 Å². The monoisotopic (exact) mass is 271 g/mol. The summed E-state index contributed by atoms with van der Waals surface area (Å²) in [6.07, 6.45) is 0. The van der Waals surface area contributed by atoms with Gasteiger partial charge >= 0.3 is 0 Å². The van der Waals surface area contributed by atoms with Crippen LogP contribution < -0.4 is 5.73 Å². The fourth-order valence-corrected chi connectivity index (χ4v) is 2.43. The van der Waals surface area contributed by atoms with Crippen LogP contribution >= 0.6 is 11.6 Å². The molecule has 0 aliphatic carbocycles. The molecule has 3 aromatic carbocycles. The number of halogens is 2. The molecule has 0 fully saturated rings. The van der Waals surface area contributed by atoms with Crippen LogP contribution in [0.2, 0.25) is 5.02 Å². The quantitative estimate of drug-likeness (QED) is 0.627. The minimum atomic E-state index is -0.412. The highest BCUT2D eigenvalue weighted by atomic mass is 35.5. The number of anilines is 1. The molecule has 0 heterocycles. The highest BCUT2D eigenvalue weighted by Gasteiger charge is 2.07. The van der Waals surface area contributed by atoms with E-state index in [1.165, 1.54) is 6.07 Å². The molecule has 3 rings (SSSR count). The molecule has 0 spiro atoms. The van der Waals surface area contributed by atoms with Crippen LogP contribution in [0.3, 0.4) is 0 Å². The van der Waals surface area contributed by atoms with Gasteiger partial charge in [-0.25, -0.2) is 4.39 Å². The van der Waals surface area contributed by atoms with E-state index in [0.29, 0.717) is 0 Å². The predicted molar refractivity (Wildman–Crippen MR) is 78.8 cm³/mol. The molecule has 19 heavy (non-hydrogen) atoms. The SMILES string of the molecule is Nc1cccc2c(-c3ccc(F)c(Cl)c3)cccc12. The Balaban J connectivity index is 2.30. The first-order chi connectivity index (χ1) is 9.16. The van der Waals surface area contributed by atoms with E-state index in [9.17, 15) is 4.39 Å². The van der Waals surface area contributed by atoms with Gasteiger partial charge in [0.2, 0.25) is 0 Å². The molecule has 0 saturated carbocycles. The Kier molecular flexibility index (Phi) is 2.88. The van der Waals surface area contributed by atoms with E-state index < -0.39 is 5.82 Å². The number of hydrogen-bond donors (Lipinski definition) is 1. The molecule has 0 amide bonds. The third kappa shape index (κ3) is 2.04. The summed E-state index contributed by atoms with van der Waals surface area (Å²) in [5.74, 6) is -0.412. The number of nitrogens with two attached hydrogens (primary N) is 1. The van der Waals surface area contributed by atoms with Crippen LogP contribution in [0.4, 0.5) is 10.1 Å². The van der Waals surface area contributed by atoms with Gasteiger partial charge in [0.05, 0.1) is 5.02 Å². The van der Waals surface area contributed by atoms with Crippen molar-refractivity contribution in [2.45, 2.75) is 0 Å².